The Morgan fingerprint density at radius 3 is 2.85 bits per heavy atom. The van der Waals surface area contributed by atoms with Gasteiger partial charge in [-0.25, -0.2) is 0 Å². The summed E-state index contributed by atoms with van der Waals surface area (Å²) in [7, 11) is 0. The van der Waals surface area contributed by atoms with E-state index in [0.29, 0.717) is 12.3 Å². The average Bonchev–Trinajstić information content (AvgIpc) is 2.44. The first-order valence-corrected chi connectivity index (χ1v) is 7.34. The third-order valence-corrected chi connectivity index (χ3v) is 3.71. The van der Waals surface area contributed by atoms with Gasteiger partial charge in [-0.2, -0.15) is 0 Å². The normalized spacial score (nSPS) is 16.1. The van der Waals surface area contributed by atoms with Crippen molar-refractivity contribution in [3.05, 3.63) is 29.3 Å². The molecule has 110 valence electrons. The Balaban J connectivity index is 2.25. The molecule has 1 aromatic rings. The maximum atomic E-state index is 12.3. The maximum Gasteiger partial charge on any atom is 0.227 e. The molecule has 4 heteroatoms. The number of nitrogens with zero attached hydrogens (tertiary/aromatic N) is 1. The second kappa shape index (κ2) is 6.37. The van der Waals surface area contributed by atoms with Crippen molar-refractivity contribution >= 4 is 11.6 Å². The van der Waals surface area contributed by atoms with Gasteiger partial charge in [0.05, 0.1) is 6.10 Å². The number of anilines is 1. The average molecular weight is 276 g/mol. The highest BCUT2D eigenvalue weighted by molar-refractivity contribution is 5.94. The molecule has 1 unspecified atom stereocenters. The zero-order chi connectivity index (χ0) is 14.7. The van der Waals surface area contributed by atoms with Crippen LogP contribution in [0.15, 0.2) is 18.2 Å². The van der Waals surface area contributed by atoms with E-state index in [4.69, 9.17) is 5.73 Å². The van der Waals surface area contributed by atoms with Gasteiger partial charge in [0, 0.05) is 25.2 Å². The smallest absolute Gasteiger partial charge is 0.227 e. The van der Waals surface area contributed by atoms with Crippen LogP contribution in [0.25, 0.3) is 0 Å². The minimum Gasteiger partial charge on any atom is -0.387 e. The van der Waals surface area contributed by atoms with Crippen LogP contribution >= 0.6 is 0 Å². The molecule has 1 aromatic carbocycles. The zero-order valence-corrected chi connectivity index (χ0v) is 12.3. The number of nitrogens with two attached hydrogens (primary N) is 1. The quantitative estimate of drug-likeness (QED) is 0.884. The van der Waals surface area contributed by atoms with E-state index >= 15 is 0 Å². The van der Waals surface area contributed by atoms with E-state index in [9.17, 15) is 9.90 Å². The number of hydrogen-bond acceptors (Lipinski definition) is 3. The van der Waals surface area contributed by atoms with Crippen LogP contribution in [0, 0.1) is 5.92 Å². The Morgan fingerprint density at radius 2 is 2.20 bits per heavy atom. The highest BCUT2D eigenvalue weighted by atomic mass is 16.3. The van der Waals surface area contributed by atoms with Gasteiger partial charge in [-0.3, -0.25) is 4.79 Å². The van der Waals surface area contributed by atoms with E-state index < -0.39 is 6.10 Å². The number of rotatable bonds is 4. The molecule has 0 saturated heterocycles. The number of hydrogen-bond donors (Lipinski definition) is 2. The molecule has 1 aliphatic rings. The van der Waals surface area contributed by atoms with Crippen LogP contribution in [0.5, 0.6) is 0 Å². The highest BCUT2D eigenvalue weighted by Crippen LogP contribution is 2.30. The summed E-state index contributed by atoms with van der Waals surface area (Å²) in [5, 5.41) is 9.82. The lowest BCUT2D eigenvalue weighted by Crippen LogP contribution is -2.36. The van der Waals surface area contributed by atoms with Gasteiger partial charge in [0.15, 0.2) is 0 Å². The molecular formula is C16H24N2O2. The van der Waals surface area contributed by atoms with Gasteiger partial charge in [-0.05, 0) is 36.0 Å². The number of fused-ring (bicyclic) bond motifs is 1. The number of carbonyl (C=O) groups excluding carboxylic acids is 1. The summed E-state index contributed by atoms with van der Waals surface area (Å²) in [5.41, 5.74) is 8.47. The third-order valence-electron chi connectivity index (χ3n) is 3.71. The Labute approximate surface area is 120 Å². The Bertz CT molecular complexity index is 485. The maximum absolute atomic E-state index is 12.3. The van der Waals surface area contributed by atoms with Crippen LogP contribution in [0.3, 0.4) is 0 Å². The zero-order valence-electron chi connectivity index (χ0n) is 12.3. The molecule has 4 nitrogen and oxygen atoms in total. The molecule has 0 radical (unpaired) electrons. The van der Waals surface area contributed by atoms with Crippen molar-refractivity contribution in [1.29, 1.82) is 0 Å². The summed E-state index contributed by atoms with van der Waals surface area (Å²) in [5.74, 6) is 0.555. The van der Waals surface area contributed by atoms with Crippen LogP contribution in [0.1, 0.15) is 43.9 Å². The summed E-state index contributed by atoms with van der Waals surface area (Å²) < 4.78 is 0. The molecule has 1 heterocycles. The van der Waals surface area contributed by atoms with E-state index in [1.54, 1.807) is 0 Å². The predicted molar refractivity (Wildman–Crippen MR) is 80.6 cm³/mol. The fourth-order valence-corrected chi connectivity index (χ4v) is 2.68. The molecule has 1 atom stereocenters. The molecule has 0 bridgehead atoms. The molecule has 0 saturated carbocycles. The van der Waals surface area contributed by atoms with Gasteiger partial charge in [0.25, 0.3) is 0 Å². The number of carbonyl (C=O) groups is 1. The number of benzene rings is 1. The van der Waals surface area contributed by atoms with Crippen molar-refractivity contribution in [2.45, 2.75) is 39.2 Å². The number of aliphatic hydroxyl groups excluding tert-OH is 1. The Morgan fingerprint density at radius 1 is 1.45 bits per heavy atom. The fraction of sp³-hybridized carbons (Fsp3) is 0.562. The number of aliphatic hydroxyl groups is 1. The summed E-state index contributed by atoms with van der Waals surface area (Å²) >= 11 is 0. The van der Waals surface area contributed by atoms with E-state index in [0.717, 1.165) is 36.2 Å². The summed E-state index contributed by atoms with van der Waals surface area (Å²) in [6, 6.07) is 5.81. The van der Waals surface area contributed by atoms with Gasteiger partial charge >= 0.3 is 0 Å². The molecule has 1 amide bonds. The number of aryl methyl sites for hydroxylation is 1. The fourth-order valence-electron chi connectivity index (χ4n) is 2.68. The topological polar surface area (TPSA) is 66.6 Å². The predicted octanol–water partition coefficient (Wildman–Crippen LogP) is 2.00. The van der Waals surface area contributed by atoms with Crippen LogP contribution < -0.4 is 10.6 Å². The highest BCUT2D eigenvalue weighted by Gasteiger charge is 2.23. The third kappa shape index (κ3) is 3.19. The van der Waals surface area contributed by atoms with Crippen LogP contribution in [-0.4, -0.2) is 24.1 Å². The minimum absolute atomic E-state index is 0.188. The minimum atomic E-state index is -0.623. The first-order chi connectivity index (χ1) is 9.52. The largest absolute Gasteiger partial charge is 0.387 e. The molecule has 0 aliphatic carbocycles. The Hall–Kier alpha value is -1.39. The van der Waals surface area contributed by atoms with Crippen LogP contribution in [-0.2, 0) is 11.2 Å². The van der Waals surface area contributed by atoms with Crippen LogP contribution in [0.4, 0.5) is 5.69 Å². The van der Waals surface area contributed by atoms with Crippen molar-refractivity contribution in [3.8, 4) is 0 Å². The standard InChI is InChI=1S/C16H24N2O2/c1-11(2)8-16(20)18-7-3-4-12-9-13(15(19)10-17)5-6-14(12)18/h5-6,9,11,15,19H,3-4,7-8,10,17H2,1-2H3. The molecule has 3 N–H and O–H groups in total. The van der Waals surface area contributed by atoms with Gasteiger partial charge in [-0.15, -0.1) is 0 Å². The summed E-state index contributed by atoms with van der Waals surface area (Å²) in [6.45, 7) is 5.12. The van der Waals surface area contributed by atoms with Crippen molar-refractivity contribution in [2.75, 3.05) is 18.0 Å². The lowest BCUT2D eigenvalue weighted by Gasteiger charge is -2.30. The van der Waals surface area contributed by atoms with Crippen molar-refractivity contribution in [1.82, 2.24) is 0 Å². The molecule has 0 fully saturated rings. The first-order valence-electron chi connectivity index (χ1n) is 7.34. The Kier molecular flexibility index (Phi) is 4.78. The van der Waals surface area contributed by atoms with E-state index in [-0.39, 0.29) is 12.5 Å². The molecule has 20 heavy (non-hydrogen) atoms. The lowest BCUT2D eigenvalue weighted by molar-refractivity contribution is -0.119. The van der Waals surface area contributed by atoms with Gasteiger partial charge in [0.1, 0.15) is 0 Å². The van der Waals surface area contributed by atoms with E-state index in [1.807, 2.05) is 23.1 Å². The SMILES string of the molecule is CC(C)CC(=O)N1CCCc2cc(C(O)CN)ccc21. The molecule has 0 spiro atoms. The second-order valence-corrected chi connectivity index (χ2v) is 5.89. The lowest BCUT2D eigenvalue weighted by atomic mass is 9.96. The molecular weight excluding hydrogens is 252 g/mol. The van der Waals surface area contributed by atoms with Crippen LogP contribution in [0.2, 0.25) is 0 Å². The number of amides is 1. The van der Waals surface area contributed by atoms with E-state index in [2.05, 4.69) is 13.8 Å². The van der Waals surface area contributed by atoms with E-state index in [1.165, 1.54) is 0 Å². The summed E-state index contributed by atoms with van der Waals surface area (Å²) in [4.78, 5) is 14.2. The summed E-state index contributed by atoms with van der Waals surface area (Å²) in [6.07, 6.45) is 1.87. The molecule has 1 aliphatic heterocycles. The van der Waals surface area contributed by atoms with Crippen molar-refractivity contribution < 1.29 is 9.90 Å². The van der Waals surface area contributed by atoms with Gasteiger partial charge < -0.3 is 15.7 Å². The second-order valence-electron chi connectivity index (χ2n) is 5.89. The van der Waals surface area contributed by atoms with Gasteiger partial charge in [-0.1, -0.05) is 26.0 Å². The van der Waals surface area contributed by atoms with Crippen molar-refractivity contribution in [2.24, 2.45) is 11.7 Å². The molecule has 0 aromatic heterocycles. The molecule has 2 rings (SSSR count). The monoisotopic (exact) mass is 276 g/mol. The van der Waals surface area contributed by atoms with Gasteiger partial charge in [0.2, 0.25) is 5.91 Å². The first kappa shape index (κ1) is 15.0. The van der Waals surface area contributed by atoms with Crippen molar-refractivity contribution in [3.63, 3.8) is 0 Å².